The summed E-state index contributed by atoms with van der Waals surface area (Å²) in [5.74, 6) is 0.0965. The molecule has 3 nitrogen and oxygen atoms in total. The fourth-order valence-corrected chi connectivity index (χ4v) is 3.01. The van der Waals surface area contributed by atoms with Crippen molar-refractivity contribution in [2.75, 3.05) is 6.26 Å². The molecule has 4 heteroatoms. The third-order valence-corrected chi connectivity index (χ3v) is 4.04. The van der Waals surface area contributed by atoms with E-state index in [0.29, 0.717) is 17.7 Å². The molecule has 0 spiro atoms. The van der Waals surface area contributed by atoms with Gasteiger partial charge in [0.2, 0.25) is 5.91 Å². The number of carbonyl (C=O) groups is 1. The van der Waals surface area contributed by atoms with E-state index in [1.54, 1.807) is 0 Å². The van der Waals surface area contributed by atoms with Crippen molar-refractivity contribution in [1.29, 1.82) is 0 Å². The first-order valence-electron chi connectivity index (χ1n) is 6.02. The van der Waals surface area contributed by atoms with Gasteiger partial charge in [0.05, 0.1) is 0 Å². The van der Waals surface area contributed by atoms with Crippen molar-refractivity contribution in [2.24, 2.45) is 5.73 Å². The number of hydrogen-bond donors (Lipinski definition) is 2. The van der Waals surface area contributed by atoms with Gasteiger partial charge in [0.25, 0.3) is 0 Å². The Balaban J connectivity index is 2.33. The van der Waals surface area contributed by atoms with Crippen molar-refractivity contribution in [1.82, 2.24) is 5.32 Å². The fraction of sp³-hybridized carbons (Fsp3) is 0.917. The Morgan fingerprint density at radius 3 is 2.75 bits per heavy atom. The molecule has 2 unspecified atom stereocenters. The molecule has 0 aliphatic heterocycles. The zero-order valence-corrected chi connectivity index (χ0v) is 11.4. The molecule has 2 atom stereocenters. The Hall–Kier alpha value is -0.220. The molecule has 3 N–H and O–H groups in total. The Labute approximate surface area is 103 Å². The first-order valence-corrected chi connectivity index (χ1v) is 7.30. The first kappa shape index (κ1) is 13.8. The number of nitrogens with two attached hydrogens (primary N) is 1. The van der Waals surface area contributed by atoms with Gasteiger partial charge in [-0.2, -0.15) is 11.8 Å². The fourth-order valence-electron chi connectivity index (χ4n) is 2.18. The lowest BCUT2D eigenvalue weighted by Gasteiger charge is -2.29. The normalized spacial score (nSPS) is 26.5. The van der Waals surface area contributed by atoms with Crippen molar-refractivity contribution in [3.8, 4) is 0 Å². The maximum atomic E-state index is 11.7. The summed E-state index contributed by atoms with van der Waals surface area (Å²) in [5, 5.41) is 3.82. The maximum Gasteiger partial charge on any atom is 0.222 e. The minimum absolute atomic E-state index is 0.0965. The van der Waals surface area contributed by atoms with Gasteiger partial charge in [-0.25, -0.2) is 0 Å². The summed E-state index contributed by atoms with van der Waals surface area (Å²) in [6.45, 7) is 3.77. The highest BCUT2D eigenvalue weighted by Crippen LogP contribution is 2.26. The standard InChI is InChI=1S/C12H24N2OS/c1-12(2,13)8-11(15)14-9-5-4-6-10(7-9)16-3/h9-10H,4-8,13H2,1-3H3,(H,14,15). The van der Waals surface area contributed by atoms with Crippen LogP contribution in [0.15, 0.2) is 0 Å². The summed E-state index contributed by atoms with van der Waals surface area (Å²) in [5.41, 5.74) is 5.42. The van der Waals surface area contributed by atoms with Crippen LogP contribution in [0.1, 0.15) is 46.0 Å². The van der Waals surface area contributed by atoms with Gasteiger partial charge in [-0.05, 0) is 39.4 Å². The zero-order chi connectivity index (χ0) is 12.2. The third-order valence-electron chi connectivity index (χ3n) is 2.94. The van der Waals surface area contributed by atoms with Crippen LogP contribution in [0.3, 0.4) is 0 Å². The lowest BCUT2D eigenvalue weighted by Crippen LogP contribution is -2.44. The van der Waals surface area contributed by atoms with Crippen LogP contribution >= 0.6 is 11.8 Å². The summed E-state index contributed by atoms with van der Waals surface area (Å²) in [4.78, 5) is 11.7. The second kappa shape index (κ2) is 5.92. The average Bonchev–Trinajstić information content (AvgIpc) is 2.15. The molecule has 0 heterocycles. The molecular formula is C12H24N2OS. The van der Waals surface area contributed by atoms with Gasteiger partial charge in [-0.15, -0.1) is 0 Å². The molecule has 0 radical (unpaired) electrons. The van der Waals surface area contributed by atoms with Crippen LogP contribution in [-0.2, 0) is 4.79 Å². The highest BCUT2D eigenvalue weighted by molar-refractivity contribution is 7.99. The maximum absolute atomic E-state index is 11.7. The van der Waals surface area contributed by atoms with Crippen molar-refractivity contribution in [3.63, 3.8) is 0 Å². The third kappa shape index (κ3) is 5.21. The Bertz CT molecular complexity index is 238. The summed E-state index contributed by atoms with van der Waals surface area (Å²) in [6.07, 6.45) is 7.30. The van der Waals surface area contributed by atoms with E-state index in [9.17, 15) is 4.79 Å². The lowest BCUT2D eigenvalue weighted by molar-refractivity contribution is -0.122. The second-order valence-electron chi connectivity index (χ2n) is 5.45. The summed E-state index contributed by atoms with van der Waals surface area (Å²) in [7, 11) is 0. The first-order chi connectivity index (χ1) is 7.40. The van der Waals surface area contributed by atoms with Gasteiger partial charge >= 0.3 is 0 Å². The SMILES string of the molecule is CSC1CCCC(NC(=O)CC(C)(C)N)C1. The molecule has 16 heavy (non-hydrogen) atoms. The van der Waals surface area contributed by atoms with E-state index in [1.807, 2.05) is 25.6 Å². The van der Waals surface area contributed by atoms with E-state index in [2.05, 4.69) is 11.6 Å². The van der Waals surface area contributed by atoms with Crippen LogP contribution < -0.4 is 11.1 Å². The molecule has 1 saturated carbocycles. The molecular weight excluding hydrogens is 220 g/mol. The second-order valence-corrected chi connectivity index (χ2v) is 6.59. The molecule has 0 aromatic heterocycles. The number of amides is 1. The Kier molecular flexibility index (Phi) is 5.12. The van der Waals surface area contributed by atoms with E-state index < -0.39 is 5.54 Å². The molecule has 1 aliphatic carbocycles. The van der Waals surface area contributed by atoms with Crippen LogP contribution in [0.2, 0.25) is 0 Å². The highest BCUT2D eigenvalue weighted by atomic mass is 32.2. The van der Waals surface area contributed by atoms with Crippen LogP contribution in [0, 0.1) is 0 Å². The van der Waals surface area contributed by atoms with Gasteiger partial charge in [-0.1, -0.05) is 6.42 Å². The van der Waals surface area contributed by atoms with Gasteiger partial charge in [0, 0.05) is 23.3 Å². The molecule has 1 rings (SSSR count). The number of nitrogens with one attached hydrogen (secondary N) is 1. The minimum atomic E-state index is -0.405. The number of rotatable bonds is 4. The van der Waals surface area contributed by atoms with E-state index in [1.165, 1.54) is 12.8 Å². The molecule has 1 aliphatic rings. The van der Waals surface area contributed by atoms with E-state index in [0.717, 1.165) is 12.8 Å². The van der Waals surface area contributed by atoms with Crippen molar-refractivity contribution >= 4 is 17.7 Å². The van der Waals surface area contributed by atoms with Gasteiger partial charge in [0.15, 0.2) is 0 Å². The molecule has 1 fully saturated rings. The summed E-state index contributed by atoms with van der Waals surface area (Å²) in [6, 6.07) is 0.362. The van der Waals surface area contributed by atoms with Gasteiger partial charge in [-0.3, -0.25) is 4.79 Å². The molecule has 94 valence electrons. The topological polar surface area (TPSA) is 55.1 Å². The molecule has 0 aromatic rings. The van der Waals surface area contributed by atoms with Crippen molar-refractivity contribution < 1.29 is 4.79 Å². The van der Waals surface area contributed by atoms with Crippen molar-refractivity contribution in [2.45, 2.75) is 62.8 Å². The lowest BCUT2D eigenvalue weighted by atomic mass is 9.94. The number of carbonyl (C=O) groups excluding carboxylic acids is 1. The number of thioether (sulfide) groups is 1. The van der Waals surface area contributed by atoms with E-state index in [-0.39, 0.29) is 5.91 Å². The summed E-state index contributed by atoms with van der Waals surface area (Å²) >= 11 is 1.91. The predicted molar refractivity (Wildman–Crippen MR) is 70.6 cm³/mol. The Morgan fingerprint density at radius 2 is 2.19 bits per heavy atom. The van der Waals surface area contributed by atoms with Crippen molar-refractivity contribution in [3.05, 3.63) is 0 Å². The smallest absolute Gasteiger partial charge is 0.222 e. The average molecular weight is 244 g/mol. The number of hydrogen-bond acceptors (Lipinski definition) is 3. The summed E-state index contributed by atoms with van der Waals surface area (Å²) < 4.78 is 0. The van der Waals surface area contributed by atoms with Gasteiger partial charge < -0.3 is 11.1 Å². The highest BCUT2D eigenvalue weighted by Gasteiger charge is 2.24. The molecule has 0 aromatic carbocycles. The monoisotopic (exact) mass is 244 g/mol. The molecule has 0 bridgehead atoms. The largest absolute Gasteiger partial charge is 0.353 e. The van der Waals surface area contributed by atoms with Crippen LogP contribution in [-0.4, -0.2) is 29.0 Å². The van der Waals surface area contributed by atoms with Crippen LogP contribution in [0.25, 0.3) is 0 Å². The minimum Gasteiger partial charge on any atom is -0.353 e. The van der Waals surface area contributed by atoms with Gasteiger partial charge in [0.1, 0.15) is 0 Å². The molecule has 0 saturated heterocycles. The quantitative estimate of drug-likeness (QED) is 0.794. The van der Waals surface area contributed by atoms with Crippen LogP contribution in [0.4, 0.5) is 0 Å². The molecule has 1 amide bonds. The van der Waals surface area contributed by atoms with E-state index in [4.69, 9.17) is 5.73 Å². The zero-order valence-electron chi connectivity index (χ0n) is 10.6. The van der Waals surface area contributed by atoms with E-state index >= 15 is 0 Å². The Morgan fingerprint density at radius 1 is 1.50 bits per heavy atom. The van der Waals surface area contributed by atoms with Crippen LogP contribution in [0.5, 0.6) is 0 Å². The predicted octanol–water partition coefficient (Wildman–Crippen LogP) is 1.90.